The molecular formula is C15H27NO4. The molecule has 1 fully saturated rings. The molecule has 0 aliphatic carbocycles. The van der Waals surface area contributed by atoms with Crippen LogP contribution in [-0.2, 0) is 19.1 Å². The molecule has 0 spiro atoms. The zero-order valence-corrected chi connectivity index (χ0v) is 12.7. The summed E-state index contributed by atoms with van der Waals surface area (Å²) in [5.74, 6) is -1.67. The Labute approximate surface area is 121 Å². The van der Waals surface area contributed by atoms with E-state index in [-0.39, 0.29) is 0 Å². The van der Waals surface area contributed by atoms with Gasteiger partial charge in [-0.1, -0.05) is 6.42 Å². The van der Waals surface area contributed by atoms with Crippen LogP contribution in [0.1, 0.15) is 46.0 Å². The zero-order valence-electron chi connectivity index (χ0n) is 12.7. The Morgan fingerprint density at radius 2 is 1.55 bits per heavy atom. The number of likely N-dealkylation sites (tertiary alicyclic amines) is 1. The molecule has 0 unspecified atom stereocenters. The van der Waals surface area contributed by atoms with Crippen molar-refractivity contribution in [2.45, 2.75) is 46.0 Å². The van der Waals surface area contributed by atoms with E-state index >= 15 is 0 Å². The summed E-state index contributed by atoms with van der Waals surface area (Å²) in [4.78, 5) is 26.0. The quantitative estimate of drug-likeness (QED) is 0.504. The molecule has 0 N–H and O–H groups in total. The number of rotatable bonds is 8. The molecule has 0 amide bonds. The van der Waals surface area contributed by atoms with Crippen LogP contribution in [-0.4, -0.2) is 49.7 Å². The second-order valence-electron chi connectivity index (χ2n) is 5.10. The Hall–Kier alpha value is -1.10. The Kier molecular flexibility index (Phi) is 8.26. The molecule has 0 bridgehead atoms. The summed E-state index contributed by atoms with van der Waals surface area (Å²) < 4.78 is 9.92. The third-order valence-corrected chi connectivity index (χ3v) is 3.56. The first-order valence-corrected chi connectivity index (χ1v) is 7.74. The first-order valence-electron chi connectivity index (χ1n) is 7.74. The van der Waals surface area contributed by atoms with Gasteiger partial charge >= 0.3 is 11.9 Å². The molecule has 5 nitrogen and oxygen atoms in total. The molecule has 0 atom stereocenters. The maximum Gasteiger partial charge on any atom is 0.320 e. The van der Waals surface area contributed by atoms with Crippen molar-refractivity contribution in [2.75, 3.05) is 32.8 Å². The van der Waals surface area contributed by atoms with Crippen LogP contribution in [0, 0.1) is 5.92 Å². The number of hydrogen-bond donors (Lipinski definition) is 0. The summed E-state index contributed by atoms with van der Waals surface area (Å²) >= 11 is 0. The normalized spacial score (nSPS) is 16.1. The highest BCUT2D eigenvalue weighted by Crippen LogP contribution is 2.14. The molecule has 5 heteroatoms. The van der Waals surface area contributed by atoms with E-state index in [1.807, 2.05) is 0 Å². The van der Waals surface area contributed by atoms with Gasteiger partial charge in [0, 0.05) is 0 Å². The van der Waals surface area contributed by atoms with Crippen molar-refractivity contribution in [3.05, 3.63) is 0 Å². The monoisotopic (exact) mass is 285 g/mol. The predicted molar refractivity (Wildman–Crippen MR) is 76.3 cm³/mol. The summed E-state index contributed by atoms with van der Waals surface area (Å²) in [6.07, 6.45) is 5.14. The first-order chi connectivity index (χ1) is 9.69. The van der Waals surface area contributed by atoms with E-state index in [1.165, 1.54) is 19.3 Å². The average Bonchev–Trinajstić information content (AvgIpc) is 2.45. The fraction of sp³-hybridized carbons (Fsp3) is 0.867. The number of nitrogens with zero attached hydrogens (tertiary/aromatic N) is 1. The predicted octanol–water partition coefficient (Wildman–Crippen LogP) is 1.99. The van der Waals surface area contributed by atoms with Crippen LogP contribution in [0.2, 0.25) is 0 Å². The smallest absolute Gasteiger partial charge is 0.320 e. The van der Waals surface area contributed by atoms with Crippen LogP contribution in [0.15, 0.2) is 0 Å². The number of piperidine rings is 1. The van der Waals surface area contributed by atoms with Gasteiger partial charge in [-0.05, 0) is 59.2 Å². The second-order valence-corrected chi connectivity index (χ2v) is 5.10. The Morgan fingerprint density at radius 3 is 2.05 bits per heavy atom. The van der Waals surface area contributed by atoms with Gasteiger partial charge in [-0.25, -0.2) is 0 Å². The van der Waals surface area contributed by atoms with E-state index in [4.69, 9.17) is 9.47 Å². The van der Waals surface area contributed by atoms with E-state index in [1.54, 1.807) is 13.8 Å². The van der Waals surface area contributed by atoms with Crippen molar-refractivity contribution in [1.82, 2.24) is 4.90 Å². The molecule has 1 aliphatic heterocycles. The number of carbonyl (C=O) groups excluding carboxylic acids is 2. The van der Waals surface area contributed by atoms with Gasteiger partial charge in [0.05, 0.1) is 13.2 Å². The van der Waals surface area contributed by atoms with Gasteiger partial charge in [-0.2, -0.15) is 0 Å². The minimum Gasteiger partial charge on any atom is -0.465 e. The fourth-order valence-corrected chi connectivity index (χ4v) is 2.52. The van der Waals surface area contributed by atoms with Gasteiger partial charge in [0.2, 0.25) is 0 Å². The van der Waals surface area contributed by atoms with Gasteiger partial charge in [-0.15, -0.1) is 0 Å². The minimum atomic E-state index is -0.764. The summed E-state index contributed by atoms with van der Waals surface area (Å²) in [6, 6.07) is 0. The lowest BCUT2D eigenvalue weighted by Crippen LogP contribution is -2.32. The second kappa shape index (κ2) is 9.75. The van der Waals surface area contributed by atoms with Crippen LogP contribution in [0.3, 0.4) is 0 Å². The molecule has 0 saturated carbocycles. The van der Waals surface area contributed by atoms with Crippen molar-refractivity contribution in [3.8, 4) is 0 Å². The molecule has 20 heavy (non-hydrogen) atoms. The molecule has 0 aromatic carbocycles. The SMILES string of the molecule is CCOC(=O)C(CCCN1CCCCC1)C(=O)OCC. The van der Waals surface area contributed by atoms with Crippen molar-refractivity contribution in [3.63, 3.8) is 0 Å². The third kappa shape index (κ3) is 5.90. The zero-order chi connectivity index (χ0) is 14.8. The summed E-state index contributed by atoms with van der Waals surface area (Å²) in [5.41, 5.74) is 0. The minimum absolute atomic E-state index is 0.293. The molecular weight excluding hydrogens is 258 g/mol. The number of esters is 2. The van der Waals surface area contributed by atoms with Crippen LogP contribution < -0.4 is 0 Å². The molecule has 116 valence electrons. The standard InChI is InChI=1S/C15H27NO4/c1-3-19-14(17)13(15(18)20-4-2)9-8-12-16-10-6-5-7-11-16/h13H,3-12H2,1-2H3. The Morgan fingerprint density at radius 1 is 1.00 bits per heavy atom. The lowest BCUT2D eigenvalue weighted by molar-refractivity contribution is -0.162. The van der Waals surface area contributed by atoms with Gasteiger partial charge in [0.1, 0.15) is 0 Å². The molecule has 1 heterocycles. The van der Waals surface area contributed by atoms with Crippen molar-refractivity contribution >= 4 is 11.9 Å². The van der Waals surface area contributed by atoms with Gasteiger partial charge in [0.15, 0.2) is 5.92 Å². The highest BCUT2D eigenvalue weighted by atomic mass is 16.6. The van der Waals surface area contributed by atoms with Crippen LogP contribution in [0.25, 0.3) is 0 Å². The van der Waals surface area contributed by atoms with Crippen molar-refractivity contribution < 1.29 is 19.1 Å². The maximum absolute atomic E-state index is 11.8. The maximum atomic E-state index is 11.8. The molecule has 0 radical (unpaired) electrons. The van der Waals surface area contributed by atoms with Crippen LogP contribution in [0.5, 0.6) is 0 Å². The molecule has 0 aromatic rings. The highest BCUT2D eigenvalue weighted by molar-refractivity contribution is 5.94. The largest absolute Gasteiger partial charge is 0.465 e. The molecule has 1 rings (SSSR count). The van der Waals surface area contributed by atoms with Crippen LogP contribution >= 0.6 is 0 Å². The summed E-state index contributed by atoms with van der Waals surface area (Å²) in [5, 5.41) is 0. The molecule has 0 aromatic heterocycles. The first kappa shape index (κ1) is 17.0. The Bertz CT molecular complexity index is 282. The number of hydrogen-bond acceptors (Lipinski definition) is 5. The lowest BCUT2D eigenvalue weighted by Gasteiger charge is -2.26. The van der Waals surface area contributed by atoms with Crippen molar-refractivity contribution in [2.24, 2.45) is 5.92 Å². The highest BCUT2D eigenvalue weighted by Gasteiger charge is 2.29. The van der Waals surface area contributed by atoms with Crippen LogP contribution in [0.4, 0.5) is 0 Å². The van der Waals surface area contributed by atoms with E-state index in [0.717, 1.165) is 26.1 Å². The topological polar surface area (TPSA) is 55.8 Å². The number of carbonyl (C=O) groups is 2. The van der Waals surface area contributed by atoms with E-state index in [0.29, 0.717) is 19.6 Å². The number of ether oxygens (including phenoxy) is 2. The van der Waals surface area contributed by atoms with Crippen molar-refractivity contribution in [1.29, 1.82) is 0 Å². The van der Waals surface area contributed by atoms with E-state index in [9.17, 15) is 9.59 Å². The third-order valence-electron chi connectivity index (χ3n) is 3.56. The average molecular weight is 285 g/mol. The molecule has 1 aliphatic rings. The summed E-state index contributed by atoms with van der Waals surface area (Å²) in [6.45, 7) is 7.27. The Balaban J connectivity index is 2.38. The van der Waals surface area contributed by atoms with Gasteiger partial charge < -0.3 is 14.4 Å². The van der Waals surface area contributed by atoms with E-state index < -0.39 is 17.9 Å². The van der Waals surface area contributed by atoms with Gasteiger partial charge in [-0.3, -0.25) is 9.59 Å². The molecule has 1 saturated heterocycles. The van der Waals surface area contributed by atoms with E-state index in [2.05, 4.69) is 4.90 Å². The lowest BCUT2D eigenvalue weighted by atomic mass is 10.0. The van der Waals surface area contributed by atoms with Gasteiger partial charge in [0.25, 0.3) is 0 Å². The summed E-state index contributed by atoms with van der Waals surface area (Å²) in [7, 11) is 0. The fourth-order valence-electron chi connectivity index (χ4n) is 2.52.